The summed E-state index contributed by atoms with van der Waals surface area (Å²) < 4.78 is 0. The molecule has 0 bridgehead atoms. The summed E-state index contributed by atoms with van der Waals surface area (Å²) in [4.78, 5) is 26.7. The summed E-state index contributed by atoms with van der Waals surface area (Å²) >= 11 is 1.66. The third kappa shape index (κ3) is 3.74. The van der Waals surface area contributed by atoms with Gasteiger partial charge in [0.25, 0.3) is 11.8 Å². The van der Waals surface area contributed by atoms with Crippen molar-refractivity contribution in [1.29, 1.82) is 0 Å². The van der Waals surface area contributed by atoms with Crippen molar-refractivity contribution in [3.05, 3.63) is 57.3 Å². The van der Waals surface area contributed by atoms with Crippen molar-refractivity contribution in [3.8, 4) is 0 Å². The van der Waals surface area contributed by atoms with Crippen LogP contribution >= 0.6 is 11.3 Å². The average Bonchev–Trinajstić information content (AvgIpc) is 2.99. The predicted molar refractivity (Wildman–Crippen MR) is 89.3 cm³/mol. The molecule has 2 rings (SSSR count). The third-order valence-electron chi connectivity index (χ3n) is 3.43. The lowest BCUT2D eigenvalue weighted by Gasteiger charge is -2.10. The zero-order valence-corrected chi connectivity index (χ0v) is 13.9. The Bertz CT molecular complexity index is 660. The highest BCUT2D eigenvalue weighted by Crippen LogP contribution is 2.17. The Morgan fingerprint density at radius 2 is 1.73 bits per heavy atom. The monoisotopic (exact) mass is 316 g/mol. The van der Waals surface area contributed by atoms with Gasteiger partial charge in [0.1, 0.15) is 0 Å². The number of carbonyl (C=O) groups is 2. The van der Waals surface area contributed by atoms with Gasteiger partial charge in [-0.05, 0) is 47.7 Å². The molecular formula is C17H20N2O2S. The number of rotatable bonds is 5. The first-order valence-electron chi connectivity index (χ1n) is 7.18. The van der Waals surface area contributed by atoms with E-state index in [1.165, 1.54) is 15.3 Å². The van der Waals surface area contributed by atoms with Gasteiger partial charge >= 0.3 is 0 Å². The standard InChI is InChI=1S/C17H20N2O2S/c1-4-12-9-10-22-15(12)11-18-16(20)13-5-7-14(8-6-13)17(21)19(2)3/h5-10H,4,11H2,1-3H3,(H,18,20). The molecule has 0 unspecified atom stereocenters. The van der Waals surface area contributed by atoms with Crippen molar-refractivity contribution in [1.82, 2.24) is 10.2 Å². The van der Waals surface area contributed by atoms with Crippen LogP contribution < -0.4 is 5.32 Å². The van der Waals surface area contributed by atoms with Gasteiger partial charge < -0.3 is 10.2 Å². The van der Waals surface area contributed by atoms with E-state index in [-0.39, 0.29) is 11.8 Å². The van der Waals surface area contributed by atoms with Crippen LogP contribution in [0.25, 0.3) is 0 Å². The van der Waals surface area contributed by atoms with E-state index in [9.17, 15) is 9.59 Å². The normalized spacial score (nSPS) is 10.3. The van der Waals surface area contributed by atoms with E-state index in [2.05, 4.69) is 18.3 Å². The molecule has 116 valence electrons. The Balaban J connectivity index is 2.00. The van der Waals surface area contributed by atoms with E-state index >= 15 is 0 Å². The fourth-order valence-corrected chi connectivity index (χ4v) is 3.04. The molecule has 0 saturated carbocycles. The fraction of sp³-hybridized carbons (Fsp3) is 0.294. The number of benzene rings is 1. The highest BCUT2D eigenvalue weighted by Gasteiger charge is 2.11. The molecule has 0 saturated heterocycles. The van der Waals surface area contributed by atoms with Crippen molar-refractivity contribution in [2.45, 2.75) is 19.9 Å². The zero-order valence-electron chi connectivity index (χ0n) is 13.1. The SMILES string of the molecule is CCc1ccsc1CNC(=O)c1ccc(C(=O)N(C)C)cc1. The van der Waals surface area contributed by atoms with Crippen LogP contribution in [0.15, 0.2) is 35.7 Å². The number of amides is 2. The van der Waals surface area contributed by atoms with Gasteiger partial charge in [-0.1, -0.05) is 6.92 Å². The highest BCUT2D eigenvalue weighted by molar-refractivity contribution is 7.10. The molecule has 1 N–H and O–H groups in total. The van der Waals surface area contributed by atoms with Gasteiger partial charge in [0, 0.05) is 30.1 Å². The molecule has 1 heterocycles. The summed E-state index contributed by atoms with van der Waals surface area (Å²) in [6, 6.07) is 8.82. The molecule has 22 heavy (non-hydrogen) atoms. The first-order chi connectivity index (χ1) is 10.5. The zero-order chi connectivity index (χ0) is 16.1. The third-order valence-corrected chi connectivity index (χ3v) is 4.39. The minimum atomic E-state index is -0.126. The van der Waals surface area contributed by atoms with E-state index in [4.69, 9.17) is 0 Å². The number of aryl methyl sites for hydroxylation is 1. The summed E-state index contributed by atoms with van der Waals surface area (Å²) in [6.45, 7) is 2.64. The van der Waals surface area contributed by atoms with Crippen LogP contribution in [0.2, 0.25) is 0 Å². The Kier molecular flexibility index (Phi) is 5.33. The number of hydrogen-bond donors (Lipinski definition) is 1. The Labute approximate surface area is 134 Å². The Morgan fingerprint density at radius 3 is 2.32 bits per heavy atom. The number of thiophene rings is 1. The number of hydrogen-bond acceptors (Lipinski definition) is 3. The molecule has 0 atom stereocenters. The fourth-order valence-electron chi connectivity index (χ4n) is 2.12. The van der Waals surface area contributed by atoms with Crippen LogP contribution in [0, 0.1) is 0 Å². The highest BCUT2D eigenvalue weighted by atomic mass is 32.1. The lowest BCUT2D eigenvalue weighted by atomic mass is 10.1. The van der Waals surface area contributed by atoms with Crippen LogP contribution in [0.5, 0.6) is 0 Å². The topological polar surface area (TPSA) is 49.4 Å². The first-order valence-corrected chi connectivity index (χ1v) is 8.06. The van der Waals surface area contributed by atoms with Gasteiger partial charge in [0.15, 0.2) is 0 Å². The summed E-state index contributed by atoms with van der Waals surface area (Å²) in [5.41, 5.74) is 2.41. The Morgan fingerprint density at radius 1 is 1.09 bits per heavy atom. The number of nitrogens with zero attached hydrogens (tertiary/aromatic N) is 1. The van der Waals surface area contributed by atoms with Crippen molar-refractivity contribution >= 4 is 23.2 Å². The molecule has 2 amide bonds. The summed E-state index contributed by atoms with van der Waals surface area (Å²) in [5.74, 6) is -0.197. The average molecular weight is 316 g/mol. The predicted octanol–water partition coefficient (Wildman–Crippen LogP) is 2.94. The van der Waals surface area contributed by atoms with Crippen LogP contribution in [-0.2, 0) is 13.0 Å². The van der Waals surface area contributed by atoms with E-state index in [0.717, 1.165) is 6.42 Å². The van der Waals surface area contributed by atoms with E-state index in [1.54, 1.807) is 49.7 Å². The molecule has 1 aromatic carbocycles. The van der Waals surface area contributed by atoms with Crippen LogP contribution in [0.1, 0.15) is 38.1 Å². The molecule has 1 aromatic heterocycles. The summed E-state index contributed by atoms with van der Waals surface area (Å²) in [6.07, 6.45) is 0.968. The molecule has 0 fully saturated rings. The van der Waals surface area contributed by atoms with E-state index in [0.29, 0.717) is 17.7 Å². The molecular weight excluding hydrogens is 296 g/mol. The number of nitrogens with one attached hydrogen (secondary N) is 1. The minimum Gasteiger partial charge on any atom is -0.347 e. The molecule has 0 spiro atoms. The van der Waals surface area contributed by atoms with Gasteiger partial charge in [-0.25, -0.2) is 0 Å². The largest absolute Gasteiger partial charge is 0.347 e. The molecule has 0 aliphatic carbocycles. The molecule has 0 radical (unpaired) electrons. The second kappa shape index (κ2) is 7.22. The van der Waals surface area contributed by atoms with Gasteiger partial charge in [-0.15, -0.1) is 11.3 Å². The van der Waals surface area contributed by atoms with Gasteiger partial charge in [-0.3, -0.25) is 9.59 Å². The van der Waals surface area contributed by atoms with Crippen molar-refractivity contribution < 1.29 is 9.59 Å². The van der Waals surface area contributed by atoms with Crippen LogP contribution in [-0.4, -0.2) is 30.8 Å². The van der Waals surface area contributed by atoms with Gasteiger partial charge in [0.2, 0.25) is 0 Å². The van der Waals surface area contributed by atoms with Gasteiger partial charge in [-0.2, -0.15) is 0 Å². The molecule has 5 heteroatoms. The maximum atomic E-state index is 12.2. The van der Waals surface area contributed by atoms with E-state index < -0.39 is 0 Å². The molecule has 4 nitrogen and oxygen atoms in total. The first kappa shape index (κ1) is 16.2. The Hall–Kier alpha value is -2.14. The lowest BCUT2D eigenvalue weighted by Crippen LogP contribution is -2.24. The summed E-state index contributed by atoms with van der Waals surface area (Å²) in [7, 11) is 3.41. The van der Waals surface area contributed by atoms with Crippen LogP contribution in [0.4, 0.5) is 0 Å². The molecule has 0 aliphatic heterocycles. The maximum Gasteiger partial charge on any atom is 0.253 e. The van der Waals surface area contributed by atoms with Gasteiger partial charge in [0.05, 0.1) is 6.54 Å². The van der Waals surface area contributed by atoms with Crippen molar-refractivity contribution in [3.63, 3.8) is 0 Å². The van der Waals surface area contributed by atoms with E-state index in [1.807, 2.05) is 5.38 Å². The van der Waals surface area contributed by atoms with Crippen LogP contribution in [0.3, 0.4) is 0 Å². The second-order valence-corrected chi connectivity index (χ2v) is 6.18. The maximum absolute atomic E-state index is 12.2. The molecule has 2 aromatic rings. The van der Waals surface area contributed by atoms with Crippen molar-refractivity contribution in [2.24, 2.45) is 0 Å². The summed E-state index contributed by atoms with van der Waals surface area (Å²) in [5, 5.41) is 4.97. The molecule has 0 aliphatic rings. The van der Waals surface area contributed by atoms with Crippen molar-refractivity contribution in [2.75, 3.05) is 14.1 Å². The minimum absolute atomic E-state index is 0.0712. The lowest BCUT2D eigenvalue weighted by molar-refractivity contribution is 0.0826. The second-order valence-electron chi connectivity index (χ2n) is 5.18. The number of carbonyl (C=O) groups excluding carboxylic acids is 2. The smallest absolute Gasteiger partial charge is 0.253 e. The quantitative estimate of drug-likeness (QED) is 0.922.